The van der Waals surface area contributed by atoms with Crippen molar-refractivity contribution in [3.63, 3.8) is 0 Å². The summed E-state index contributed by atoms with van der Waals surface area (Å²) in [6.45, 7) is 6.67. The Hall–Kier alpha value is -2.11. The molecule has 0 aliphatic carbocycles. The molecular formula is C63H118O6. The van der Waals surface area contributed by atoms with Gasteiger partial charge < -0.3 is 14.2 Å². The summed E-state index contributed by atoms with van der Waals surface area (Å²) in [4.78, 5) is 38.2. The van der Waals surface area contributed by atoms with Crippen molar-refractivity contribution in [3.05, 3.63) is 24.3 Å². The Morgan fingerprint density at radius 1 is 0.290 bits per heavy atom. The van der Waals surface area contributed by atoms with Crippen LogP contribution in [0.1, 0.15) is 342 Å². The Morgan fingerprint density at radius 2 is 0.507 bits per heavy atom. The van der Waals surface area contributed by atoms with E-state index in [2.05, 4.69) is 45.1 Å². The highest BCUT2D eigenvalue weighted by Gasteiger charge is 2.19. The normalized spacial score (nSPS) is 12.1. The lowest BCUT2D eigenvalue weighted by Gasteiger charge is -2.18. The van der Waals surface area contributed by atoms with Gasteiger partial charge in [-0.1, -0.05) is 302 Å². The van der Waals surface area contributed by atoms with E-state index < -0.39 is 6.10 Å². The van der Waals surface area contributed by atoms with Crippen molar-refractivity contribution in [2.24, 2.45) is 0 Å². The lowest BCUT2D eigenvalue weighted by Crippen LogP contribution is -2.30. The average Bonchev–Trinajstić information content (AvgIpc) is 3.35. The maximum absolute atomic E-state index is 12.9. The van der Waals surface area contributed by atoms with Crippen molar-refractivity contribution >= 4 is 17.9 Å². The Bertz CT molecular complexity index is 1110. The molecule has 0 saturated heterocycles. The Labute approximate surface area is 430 Å². The first-order chi connectivity index (χ1) is 34.0. The summed E-state index contributed by atoms with van der Waals surface area (Å²) < 4.78 is 16.9. The summed E-state index contributed by atoms with van der Waals surface area (Å²) in [6, 6.07) is 0. The second-order valence-corrected chi connectivity index (χ2v) is 21.0. The second kappa shape index (κ2) is 58.5. The van der Waals surface area contributed by atoms with Gasteiger partial charge >= 0.3 is 17.9 Å². The minimum atomic E-state index is -0.768. The summed E-state index contributed by atoms with van der Waals surface area (Å²) in [5, 5.41) is 0. The zero-order valence-electron chi connectivity index (χ0n) is 46.6. The van der Waals surface area contributed by atoms with Gasteiger partial charge in [-0.3, -0.25) is 14.4 Å². The molecule has 0 N–H and O–H groups in total. The fourth-order valence-electron chi connectivity index (χ4n) is 9.32. The van der Waals surface area contributed by atoms with E-state index in [0.29, 0.717) is 19.3 Å². The highest BCUT2D eigenvalue weighted by molar-refractivity contribution is 5.71. The number of esters is 3. The van der Waals surface area contributed by atoms with Crippen molar-refractivity contribution in [1.82, 2.24) is 0 Å². The van der Waals surface area contributed by atoms with E-state index in [-0.39, 0.29) is 31.1 Å². The van der Waals surface area contributed by atoms with E-state index >= 15 is 0 Å². The highest BCUT2D eigenvalue weighted by atomic mass is 16.6. The molecule has 0 bridgehead atoms. The van der Waals surface area contributed by atoms with Crippen LogP contribution in [-0.4, -0.2) is 37.2 Å². The predicted molar refractivity (Wildman–Crippen MR) is 298 cm³/mol. The van der Waals surface area contributed by atoms with Crippen molar-refractivity contribution < 1.29 is 28.6 Å². The zero-order valence-corrected chi connectivity index (χ0v) is 46.6. The van der Waals surface area contributed by atoms with Crippen LogP contribution < -0.4 is 0 Å². The number of carbonyl (C=O) groups excluding carboxylic acids is 3. The van der Waals surface area contributed by atoms with Crippen LogP contribution in [0.25, 0.3) is 0 Å². The van der Waals surface area contributed by atoms with Gasteiger partial charge in [0.1, 0.15) is 13.2 Å². The maximum Gasteiger partial charge on any atom is 0.306 e. The van der Waals surface area contributed by atoms with Gasteiger partial charge in [-0.25, -0.2) is 0 Å². The molecule has 406 valence electrons. The van der Waals surface area contributed by atoms with Crippen LogP contribution in [0.5, 0.6) is 0 Å². The number of ether oxygens (including phenoxy) is 3. The maximum atomic E-state index is 12.9. The first-order valence-electron chi connectivity index (χ1n) is 30.9. The molecule has 0 aromatic rings. The van der Waals surface area contributed by atoms with Crippen LogP contribution in [-0.2, 0) is 28.6 Å². The van der Waals surface area contributed by atoms with E-state index in [4.69, 9.17) is 14.2 Å². The topological polar surface area (TPSA) is 78.9 Å². The number of allylic oxidation sites excluding steroid dienone is 4. The molecule has 6 nitrogen and oxygen atoms in total. The second-order valence-electron chi connectivity index (χ2n) is 21.0. The molecule has 0 aromatic carbocycles. The molecule has 1 unspecified atom stereocenters. The first-order valence-corrected chi connectivity index (χ1v) is 30.9. The molecule has 0 aromatic heterocycles. The smallest absolute Gasteiger partial charge is 0.306 e. The molecule has 0 radical (unpaired) electrons. The van der Waals surface area contributed by atoms with Gasteiger partial charge in [-0.15, -0.1) is 0 Å². The van der Waals surface area contributed by atoms with Gasteiger partial charge in [0, 0.05) is 19.3 Å². The van der Waals surface area contributed by atoms with Gasteiger partial charge in [-0.2, -0.15) is 0 Å². The lowest BCUT2D eigenvalue weighted by molar-refractivity contribution is -0.167. The van der Waals surface area contributed by atoms with E-state index in [9.17, 15) is 14.4 Å². The zero-order chi connectivity index (χ0) is 50.0. The molecule has 0 amide bonds. The van der Waals surface area contributed by atoms with Gasteiger partial charge in [0.2, 0.25) is 0 Å². The van der Waals surface area contributed by atoms with E-state index in [1.54, 1.807) is 0 Å². The standard InChI is InChI=1S/C63H118O6/c1-4-7-10-13-16-19-22-25-28-30-32-34-35-38-41-44-47-50-53-56-62(65)68-59-60(58-67-61(64)55-52-49-46-43-40-37-27-24-21-18-15-12-9-6-3)69-63(66)57-54-51-48-45-42-39-36-33-31-29-26-23-20-17-14-11-8-5-2/h16,19,22,25,60H,4-15,17-18,20-21,23-24,26-59H2,1-3H3/b19-16-,25-22-. The first kappa shape index (κ1) is 66.9. The minimum absolute atomic E-state index is 0.0660. The molecule has 6 heteroatoms. The van der Waals surface area contributed by atoms with Crippen molar-refractivity contribution in [2.45, 2.75) is 348 Å². The molecule has 0 heterocycles. The monoisotopic (exact) mass is 971 g/mol. The lowest BCUT2D eigenvalue weighted by atomic mass is 10.0. The molecule has 1 atom stereocenters. The third-order valence-corrected chi connectivity index (χ3v) is 14.0. The van der Waals surface area contributed by atoms with E-state index in [1.165, 1.54) is 244 Å². The van der Waals surface area contributed by atoms with E-state index in [1.807, 2.05) is 0 Å². The largest absolute Gasteiger partial charge is 0.462 e. The van der Waals surface area contributed by atoms with Crippen LogP contribution in [0, 0.1) is 0 Å². The van der Waals surface area contributed by atoms with Crippen LogP contribution >= 0.6 is 0 Å². The van der Waals surface area contributed by atoms with Gasteiger partial charge in [0.15, 0.2) is 6.10 Å². The predicted octanol–water partition coefficient (Wildman–Crippen LogP) is 20.7. The quantitative estimate of drug-likeness (QED) is 0.0261. The summed E-state index contributed by atoms with van der Waals surface area (Å²) in [5.74, 6) is -0.843. The molecule has 0 saturated carbocycles. The number of carbonyl (C=O) groups is 3. The highest BCUT2D eigenvalue weighted by Crippen LogP contribution is 2.18. The Kier molecular flexibility index (Phi) is 56.7. The van der Waals surface area contributed by atoms with Gasteiger partial charge in [0.25, 0.3) is 0 Å². The van der Waals surface area contributed by atoms with Crippen LogP contribution in [0.3, 0.4) is 0 Å². The van der Waals surface area contributed by atoms with Gasteiger partial charge in [0.05, 0.1) is 0 Å². The van der Waals surface area contributed by atoms with Crippen molar-refractivity contribution in [3.8, 4) is 0 Å². The van der Waals surface area contributed by atoms with Crippen molar-refractivity contribution in [1.29, 1.82) is 0 Å². The molecule has 0 aliphatic heterocycles. The molecule has 69 heavy (non-hydrogen) atoms. The molecular weight excluding hydrogens is 853 g/mol. The third-order valence-electron chi connectivity index (χ3n) is 14.0. The number of hydrogen-bond donors (Lipinski definition) is 0. The van der Waals surface area contributed by atoms with Crippen molar-refractivity contribution in [2.75, 3.05) is 13.2 Å². The van der Waals surface area contributed by atoms with E-state index in [0.717, 1.165) is 57.8 Å². The van der Waals surface area contributed by atoms with Crippen LogP contribution in [0.2, 0.25) is 0 Å². The Balaban J connectivity index is 4.30. The fourth-order valence-corrected chi connectivity index (χ4v) is 9.32. The third kappa shape index (κ3) is 56.7. The summed E-state index contributed by atoms with van der Waals surface area (Å²) in [6.07, 6.45) is 68.8. The van der Waals surface area contributed by atoms with Gasteiger partial charge in [-0.05, 0) is 44.9 Å². The Morgan fingerprint density at radius 3 is 0.797 bits per heavy atom. The molecule has 0 aliphatic rings. The summed E-state index contributed by atoms with van der Waals surface area (Å²) in [5.41, 5.74) is 0. The summed E-state index contributed by atoms with van der Waals surface area (Å²) in [7, 11) is 0. The minimum Gasteiger partial charge on any atom is -0.462 e. The van der Waals surface area contributed by atoms with Crippen LogP contribution in [0.15, 0.2) is 24.3 Å². The molecule has 0 rings (SSSR count). The SMILES string of the molecule is CCCCC/C=C\C=C/CCCCCCCCCCCCC(=O)OCC(COC(=O)CCCCCCCCCCCCCCCC)OC(=O)CCCCCCCCCCCCCCCCCCCC. The fraction of sp³-hybridized carbons (Fsp3) is 0.889. The molecule has 0 fully saturated rings. The summed E-state index contributed by atoms with van der Waals surface area (Å²) >= 11 is 0. The number of hydrogen-bond acceptors (Lipinski definition) is 6. The molecule has 0 spiro atoms. The average molecular weight is 972 g/mol. The number of unbranched alkanes of at least 4 members (excludes halogenated alkanes) is 43. The van der Waals surface area contributed by atoms with Crippen LogP contribution in [0.4, 0.5) is 0 Å². The number of rotatable bonds is 57.